The summed E-state index contributed by atoms with van der Waals surface area (Å²) in [5.74, 6) is 4.96. The fourth-order valence-electron chi connectivity index (χ4n) is 4.10. The van der Waals surface area contributed by atoms with Gasteiger partial charge in [0.15, 0.2) is 0 Å². The fraction of sp³-hybridized carbons (Fsp3) is 0.161. The van der Waals surface area contributed by atoms with E-state index in [9.17, 15) is 0 Å². The molecule has 0 spiro atoms. The van der Waals surface area contributed by atoms with Gasteiger partial charge in [-0.3, -0.25) is 0 Å². The Morgan fingerprint density at radius 3 is 1.79 bits per heavy atom. The molecule has 0 saturated carbocycles. The van der Waals surface area contributed by atoms with Crippen molar-refractivity contribution in [3.05, 3.63) is 125 Å². The first-order valence-electron chi connectivity index (χ1n) is 11.3. The highest BCUT2D eigenvalue weighted by molar-refractivity contribution is 5.90. The highest BCUT2D eigenvalue weighted by Crippen LogP contribution is 2.39. The molecule has 0 aliphatic rings. The van der Waals surface area contributed by atoms with Crippen LogP contribution in [0.1, 0.15) is 40.7 Å². The van der Waals surface area contributed by atoms with Crippen LogP contribution in [0, 0.1) is 6.92 Å². The Hall–Kier alpha value is -4.07. The number of rotatable bonds is 7. The molecule has 0 saturated heterocycles. The minimum absolute atomic E-state index is 0.00528. The summed E-state index contributed by atoms with van der Waals surface area (Å²) >= 11 is 0. The Morgan fingerprint density at radius 1 is 0.706 bits per heavy atom. The lowest BCUT2D eigenvalue weighted by Gasteiger charge is -2.22. The van der Waals surface area contributed by atoms with Crippen LogP contribution in [-0.4, -0.2) is 20.1 Å². The summed E-state index contributed by atoms with van der Waals surface area (Å²) in [6.07, 6.45) is 0. The Labute approximate surface area is 202 Å². The minimum atomic E-state index is -0.00528. The van der Waals surface area contributed by atoms with Crippen molar-refractivity contribution in [2.75, 3.05) is 14.2 Å². The average Bonchev–Trinajstić information content (AvgIpc) is 2.89. The molecule has 0 bridgehead atoms. The summed E-state index contributed by atoms with van der Waals surface area (Å²) in [4.78, 5) is 4.88. The van der Waals surface area contributed by atoms with Crippen LogP contribution in [0.3, 0.4) is 0 Å². The summed E-state index contributed by atoms with van der Waals surface area (Å²) in [5.41, 5.74) is 7.62. The number of benzene rings is 4. The monoisotopic (exact) mass is 447 g/mol. The summed E-state index contributed by atoms with van der Waals surface area (Å²) in [5, 5.41) is 0. The van der Waals surface area contributed by atoms with Gasteiger partial charge in [-0.2, -0.15) is 0 Å². The first-order chi connectivity index (χ1) is 16.6. The predicted molar refractivity (Wildman–Crippen MR) is 141 cm³/mol. The van der Waals surface area contributed by atoms with E-state index in [2.05, 4.69) is 67.4 Å². The number of methoxy groups -OCH3 is 2. The quantitative estimate of drug-likeness (QED) is 0.216. The van der Waals surface area contributed by atoms with Crippen molar-refractivity contribution in [1.29, 1.82) is 0 Å². The van der Waals surface area contributed by atoms with Crippen LogP contribution in [0.15, 0.2) is 102 Å². The number of hydrogen-bond donors (Lipinski definition) is 0. The molecule has 170 valence electrons. The molecule has 34 heavy (non-hydrogen) atoms. The van der Waals surface area contributed by atoms with E-state index in [4.69, 9.17) is 14.5 Å². The maximum Gasteiger partial charge on any atom is 0.118 e. The standard InChI is InChI=1S/C31H29NO2/c1-22-9-8-12-29(31(22)32-21-23(2)24-10-6-5-7-11-24)30(25-13-17-27(33-3)18-14-25)26-15-19-28(34-4)20-16-26/h5-20,30H,1-4H3. The highest BCUT2D eigenvalue weighted by atomic mass is 16.5. The maximum atomic E-state index is 5.39. The van der Waals surface area contributed by atoms with Crippen LogP contribution in [-0.2, 0) is 0 Å². The molecule has 0 atom stereocenters. The molecule has 0 aliphatic carbocycles. The smallest absolute Gasteiger partial charge is 0.118 e. The zero-order valence-corrected chi connectivity index (χ0v) is 20.1. The van der Waals surface area contributed by atoms with Crippen LogP contribution >= 0.6 is 0 Å². The van der Waals surface area contributed by atoms with Crippen molar-refractivity contribution in [1.82, 2.24) is 0 Å². The largest absolute Gasteiger partial charge is 0.497 e. The van der Waals surface area contributed by atoms with Gasteiger partial charge in [0, 0.05) is 11.5 Å². The van der Waals surface area contributed by atoms with Crippen molar-refractivity contribution < 1.29 is 9.47 Å². The normalized spacial score (nSPS) is 10.5. The van der Waals surface area contributed by atoms with Gasteiger partial charge < -0.3 is 9.47 Å². The molecule has 0 fully saturated rings. The van der Waals surface area contributed by atoms with Gasteiger partial charge in [0.1, 0.15) is 11.5 Å². The first-order valence-corrected chi connectivity index (χ1v) is 11.3. The van der Waals surface area contributed by atoms with E-state index in [-0.39, 0.29) is 5.92 Å². The van der Waals surface area contributed by atoms with Gasteiger partial charge in [0.2, 0.25) is 0 Å². The van der Waals surface area contributed by atoms with Gasteiger partial charge in [-0.05, 0) is 71.8 Å². The van der Waals surface area contributed by atoms with Gasteiger partial charge in [-0.1, -0.05) is 72.8 Å². The van der Waals surface area contributed by atoms with Crippen molar-refractivity contribution >= 4 is 17.1 Å². The molecule has 0 unspecified atom stereocenters. The topological polar surface area (TPSA) is 30.8 Å². The molecular formula is C31H29NO2. The first kappa shape index (κ1) is 23.1. The Morgan fingerprint density at radius 2 is 1.26 bits per heavy atom. The minimum Gasteiger partial charge on any atom is -0.497 e. The van der Waals surface area contributed by atoms with Crippen LogP contribution in [0.4, 0.5) is 5.69 Å². The lowest BCUT2D eigenvalue weighted by atomic mass is 9.83. The highest BCUT2D eigenvalue weighted by Gasteiger charge is 2.21. The number of aryl methyl sites for hydroxylation is 1. The summed E-state index contributed by atoms with van der Waals surface area (Å²) < 4.78 is 10.8. The molecule has 4 aromatic carbocycles. The fourth-order valence-corrected chi connectivity index (χ4v) is 4.10. The molecular weight excluding hydrogens is 418 g/mol. The van der Waals surface area contributed by atoms with Crippen LogP contribution < -0.4 is 9.47 Å². The number of hydrogen-bond acceptors (Lipinski definition) is 3. The number of allylic oxidation sites excluding steroid dienone is 1. The number of ether oxygens (including phenoxy) is 2. The Bertz CT molecular complexity index is 1250. The van der Waals surface area contributed by atoms with Crippen LogP contribution in [0.5, 0.6) is 11.5 Å². The molecule has 0 aliphatic heterocycles. The zero-order chi connectivity index (χ0) is 23.9. The molecule has 0 radical (unpaired) electrons. The van der Waals surface area contributed by atoms with Gasteiger partial charge >= 0.3 is 0 Å². The van der Waals surface area contributed by atoms with Crippen LogP contribution in [0.25, 0.3) is 5.57 Å². The predicted octanol–water partition coefficient (Wildman–Crippen LogP) is 7.60. The second-order valence-corrected chi connectivity index (χ2v) is 8.21. The van der Waals surface area contributed by atoms with Crippen molar-refractivity contribution in [3.63, 3.8) is 0 Å². The second kappa shape index (κ2) is 10.7. The number of nitrogens with zero attached hydrogens (tertiary/aromatic N) is 1. The third-order valence-electron chi connectivity index (χ3n) is 6.02. The van der Waals surface area contributed by atoms with Crippen LogP contribution in [0.2, 0.25) is 0 Å². The SMILES string of the molecule is COc1ccc(C(c2ccc(OC)cc2)c2cccc(C)c2N=C=C(C)c2ccccc2)cc1. The molecule has 0 N–H and O–H groups in total. The molecule has 4 aromatic rings. The van der Waals surface area contributed by atoms with E-state index < -0.39 is 0 Å². The van der Waals surface area contributed by atoms with Gasteiger partial charge in [-0.15, -0.1) is 0 Å². The van der Waals surface area contributed by atoms with E-state index in [1.54, 1.807) is 14.2 Å². The number of aliphatic imine (C=N–C) groups is 1. The van der Waals surface area contributed by atoms with Gasteiger partial charge in [0.25, 0.3) is 0 Å². The second-order valence-electron chi connectivity index (χ2n) is 8.21. The van der Waals surface area contributed by atoms with E-state index in [0.29, 0.717) is 0 Å². The molecule has 0 amide bonds. The molecule has 0 heterocycles. The zero-order valence-electron chi connectivity index (χ0n) is 20.1. The molecule has 0 aromatic heterocycles. The van der Waals surface area contributed by atoms with E-state index in [0.717, 1.165) is 50.6 Å². The third-order valence-corrected chi connectivity index (χ3v) is 6.02. The van der Waals surface area contributed by atoms with Crippen molar-refractivity contribution in [3.8, 4) is 11.5 Å². The number of para-hydroxylation sites is 1. The summed E-state index contributed by atoms with van der Waals surface area (Å²) in [6.45, 7) is 4.14. The average molecular weight is 448 g/mol. The third kappa shape index (κ3) is 5.11. The van der Waals surface area contributed by atoms with E-state index in [1.807, 2.05) is 49.4 Å². The Kier molecular flexibility index (Phi) is 7.27. The van der Waals surface area contributed by atoms with Crippen molar-refractivity contribution in [2.24, 2.45) is 4.99 Å². The Balaban J connectivity index is 1.87. The molecule has 4 rings (SSSR count). The van der Waals surface area contributed by atoms with Crippen molar-refractivity contribution in [2.45, 2.75) is 19.8 Å². The van der Waals surface area contributed by atoms with Gasteiger partial charge in [-0.25, -0.2) is 4.99 Å². The van der Waals surface area contributed by atoms with E-state index >= 15 is 0 Å². The lowest BCUT2D eigenvalue weighted by molar-refractivity contribution is 0.414. The maximum absolute atomic E-state index is 5.39. The summed E-state index contributed by atoms with van der Waals surface area (Å²) in [7, 11) is 3.37. The van der Waals surface area contributed by atoms with E-state index in [1.165, 1.54) is 0 Å². The molecule has 3 heteroatoms. The summed E-state index contributed by atoms with van der Waals surface area (Å²) in [6, 6.07) is 33.1. The lowest BCUT2D eigenvalue weighted by Crippen LogP contribution is -2.05. The molecule has 3 nitrogen and oxygen atoms in total. The van der Waals surface area contributed by atoms with Gasteiger partial charge in [0.05, 0.1) is 19.9 Å².